The summed E-state index contributed by atoms with van der Waals surface area (Å²) in [5.41, 5.74) is -0.730. The molecule has 1 aliphatic rings. The fraction of sp³-hybridized carbons (Fsp3) is 0.316. The van der Waals surface area contributed by atoms with Crippen LogP contribution in [0.3, 0.4) is 0 Å². The second-order valence-corrected chi connectivity index (χ2v) is 6.69. The largest absolute Gasteiger partial charge is 0.507 e. The Hall–Kier alpha value is -2.89. The van der Waals surface area contributed by atoms with E-state index in [4.69, 9.17) is 13.9 Å². The summed E-state index contributed by atoms with van der Waals surface area (Å²) in [4.78, 5) is 12.7. The van der Waals surface area contributed by atoms with Gasteiger partial charge in [-0.1, -0.05) is 6.07 Å². The molecule has 0 amide bonds. The number of phenols is 2. The lowest BCUT2D eigenvalue weighted by Crippen LogP contribution is -2.60. The van der Waals surface area contributed by atoms with Gasteiger partial charge in [0.05, 0.1) is 12.0 Å². The third kappa shape index (κ3) is 3.07. The molecule has 2 aromatic carbocycles. The molecule has 6 N–H and O–H groups in total. The van der Waals surface area contributed by atoms with Crippen LogP contribution in [-0.4, -0.2) is 68.0 Å². The van der Waals surface area contributed by atoms with Crippen LogP contribution in [0.4, 0.5) is 0 Å². The van der Waals surface area contributed by atoms with E-state index in [-0.39, 0.29) is 33.4 Å². The van der Waals surface area contributed by atoms with Crippen molar-refractivity contribution in [2.45, 2.75) is 30.7 Å². The molecule has 5 atom stereocenters. The number of benzene rings is 2. The van der Waals surface area contributed by atoms with E-state index in [1.165, 1.54) is 30.3 Å². The average Bonchev–Trinajstić information content (AvgIpc) is 2.70. The van der Waals surface area contributed by atoms with Gasteiger partial charge in [0, 0.05) is 0 Å². The van der Waals surface area contributed by atoms with Crippen molar-refractivity contribution in [2.24, 2.45) is 0 Å². The molecule has 10 heteroatoms. The molecule has 3 aromatic rings. The molecule has 2 heterocycles. The minimum absolute atomic E-state index is 0.0161. The van der Waals surface area contributed by atoms with E-state index >= 15 is 0 Å². The fourth-order valence-electron chi connectivity index (χ4n) is 3.30. The standard InChI is InChI=1S/C19H18O10/c20-6-11-14(23)16(25)17(26)19(29-11)28-10-5-4-7-13(22)12-8(21)2-1-3-9(12)27-18(7)15(10)24/h1-5,11,14,16-17,19-21,23-26H,6H2/t11-,14-,16+,17-,19+/m1/s1. The number of rotatable bonds is 3. The van der Waals surface area contributed by atoms with Gasteiger partial charge in [0.25, 0.3) is 0 Å². The van der Waals surface area contributed by atoms with Crippen molar-refractivity contribution in [3.63, 3.8) is 0 Å². The minimum Gasteiger partial charge on any atom is -0.507 e. The second kappa shape index (κ2) is 7.17. The van der Waals surface area contributed by atoms with Gasteiger partial charge in [0.1, 0.15) is 41.1 Å². The summed E-state index contributed by atoms with van der Waals surface area (Å²) in [6.07, 6.45) is -7.60. The number of aliphatic hydroxyl groups excluding tert-OH is 4. The van der Waals surface area contributed by atoms with Crippen molar-refractivity contribution >= 4 is 21.9 Å². The van der Waals surface area contributed by atoms with E-state index in [1.807, 2.05) is 0 Å². The Kier molecular flexibility index (Phi) is 4.81. The van der Waals surface area contributed by atoms with E-state index in [2.05, 4.69) is 0 Å². The monoisotopic (exact) mass is 406 g/mol. The van der Waals surface area contributed by atoms with E-state index in [9.17, 15) is 35.4 Å². The molecule has 1 fully saturated rings. The molecule has 4 rings (SSSR count). The van der Waals surface area contributed by atoms with Gasteiger partial charge in [0.2, 0.25) is 17.5 Å². The van der Waals surface area contributed by atoms with E-state index in [0.717, 1.165) is 0 Å². The molecule has 1 saturated heterocycles. The van der Waals surface area contributed by atoms with Crippen LogP contribution in [0.25, 0.3) is 21.9 Å². The number of aliphatic hydroxyl groups is 4. The van der Waals surface area contributed by atoms with Crippen molar-refractivity contribution in [1.29, 1.82) is 0 Å². The molecule has 1 aliphatic heterocycles. The van der Waals surface area contributed by atoms with Crippen molar-refractivity contribution in [3.8, 4) is 17.2 Å². The Morgan fingerprint density at radius 3 is 2.48 bits per heavy atom. The summed E-state index contributed by atoms with van der Waals surface area (Å²) >= 11 is 0. The van der Waals surface area contributed by atoms with Crippen LogP contribution in [0.5, 0.6) is 17.2 Å². The maximum absolute atomic E-state index is 12.7. The highest BCUT2D eigenvalue weighted by molar-refractivity contribution is 5.95. The number of aromatic hydroxyl groups is 2. The minimum atomic E-state index is -1.68. The van der Waals surface area contributed by atoms with Gasteiger partial charge >= 0.3 is 0 Å². The zero-order chi connectivity index (χ0) is 20.9. The third-order valence-corrected chi connectivity index (χ3v) is 4.87. The maximum Gasteiger partial charge on any atom is 0.229 e. The molecular formula is C19H18O10. The lowest BCUT2D eigenvalue weighted by atomic mass is 9.99. The summed E-state index contributed by atoms with van der Waals surface area (Å²) < 4.78 is 16.2. The summed E-state index contributed by atoms with van der Waals surface area (Å²) in [5.74, 6) is -1.06. The predicted octanol–water partition coefficient (Wildman–Crippen LogP) is -0.464. The molecule has 0 bridgehead atoms. The van der Waals surface area contributed by atoms with Gasteiger partial charge in [0.15, 0.2) is 11.3 Å². The number of hydrogen-bond donors (Lipinski definition) is 6. The highest BCUT2D eigenvalue weighted by Crippen LogP contribution is 2.37. The molecule has 154 valence electrons. The molecular weight excluding hydrogens is 388 g/mol. The van der Waals surface area contributed by atoms with Crippen LogP contribution >= 0.6 is 0 Å². The van der Waals surface area contributed by atoms with Crippen molar-refractivity contribution in [1.82, 2.24) is 0 Å². The van der Waals surface area contributed by atoms with E-state index in [0.29, 0.717) is 0 Å². The molecule has 1 aromatic heterocycles. The van der Waals surface area contributed by atoms with E-state index in [1.54, 1.807) is 0 Å². The zero-order valence-electron chi connectivity index (χ0n) is 14.8. The lowest BCUT2D eigenvalue weighted by molar-refractivity contribution is -0.277. The van der Waals surface area contributed by atoms with Crippen LogP contribution in [0.2, 0.25) is 0 Å². The molecule has 29 heavy (non-hydrogen) atoms. The highest BCUT2D eigenvalue weighted by atomic mass is 16.7. The number of ether oxygens (including phenoxy) is 2. The van der Waals surface area contributed by atoms with Crippen molar-refractivity contribution in [2.75, 3.05) is 6.61 Å². The molecule has 0 radical (unpaired) electrons. The van der Waals surface area contributed by atoms with Gasteiger partial charge in [-0.05, 0) is 24.3 Å². The quantitative estimate of drug-likeness (QED) is 0.313. The number of hydrogen-bond acceptors (Lipinski definition) is 10. The molecule has 0 saturated carbocycles. The Morgan fingerprint density at radius 2 is 1.76 bits per heavy atom. The third-order valence-electron chi connectivity index (χ3n) is 4.87. The summed E-state index contributed by atoms with van der Waals surface area (Å²) in [5, 5.41) is 59.4. The van der Waals surface area contributed by atoms with Gasteiger partial charge in [-0.25, -0.2) is 0 Å². The zero-order valence-corrected chi connectivity index (χ0v) is 14.8. The van der Waals surface area contributed by atoms with Crippen LogP contribution in [-0.2, 0) is 4.74 Å². The maximum atomic E-state index is 12.7. The first-order valence-electron chi connectivity index (χ1n) is 8.71. The van der Waals surface area contributed by atoms with Gasteiger partial charge in [-0.3, -0.25) is 4.79 Å². The smallest absolute Gasteiger partial charge is 0.229 e. The molecule has 0 unspecified atom stereocenters. The first-order chi connectivity index (χ1) is 13.8. The Bertz CT molecular complexity index is 1120. The first-order valence-corrected chi connectivity index (χ1v) is 8.71. The summed E-state index contributed by atoms with van der Waals surface area (Å²) in [7, 11) is 0. The molecule has 10 nitrogen and oxygen atoms in total. The van der Waals surface area contributed by atoms with Crippen LogP contribution < -0.4 is 10.2 Å². The van der Waals surface area contributed by atoms with Crippen LogP contribution in [0.1, 0.15) is 0 Å². The number of fused-ring (bicyclic) bond motifs is 2. The van der Waals surface area contributed by atoms with Crippen molar-refractivity contribution < 1.29 is 44.5 Å². The Labute approximate surface area is 162 Å². The lowest BCUT2D eigenvalue weighted by Gasteiger charge is -2.39. The molecule has 0 aliphatic carbocycles. The summed E-state index contributed by atoms with van der Waals surface area (Å²) in [6, 6.07) is 6.77. The average molecular weight is 406 g/mol. The van der Waals surface area contributed by atoms with Crippen molar-refractivity contribution in [3.05, 3.63) is 40.6 Å². The van der Waals surface area contributed by atoms with Crippen LogP contribution in [0.15, 0.2) is 39.5 Å². The Morgan fingerprint density at radius 1 is 1.00 bits per heavy atom. The second-order valence-electron chi connectivity index (χ2n) is 6.69. The normalized spacial score (nSPS) is 27.4. The van der Waals surface area contributed by atoms with Crippen LogP contribution in [0, 0.1) is 0 Å². The summed E-state index contributed by atoms with van der Waals surface area (Å²) in [6.45, 7) is -0.640. The molecule has 0 spiro atoms. The number of phenolic OH excluding ortho intramolecular Hbond substituents is 2. The van der Waals surface area contributed by atoms with Gasteiger partial charge < -0.3 is 44.5 Å². The van der Waals surface area contributed by atoms with E-state index < -0.39 is 48.5 Å². The highest BCUT2D eigenvalue weighted by Gasteiger charge is 2.45. The first kappa shape index (κ1) is 19.4. The predicted molar refractivity (Wildman–Crippen MR) is 97.7 cm³/mol. The van der Waals surface area contributed by atoms with Gasteiger partial charge in [-0.2, -0.15) is 0 Å². The topological polar surface area (TPSA) is 170 Å². The SMILES string of the molecule is O=c1c2ccc(O[C@H]3O[C@H](CO)[C@@H](O)[C@H](O)[C@H]3O)c(O)c2oc2cccc(O)c12. The fourth-order valence-corrected chi connectivity index (χ4v) is 3.30. The Balaban J connectivity index is 1.76. The van der Waals surface area contributed by atoms with Gasteiger partial charge in [-0.15, -0.1) is 0 Å².